The van der Waals surface area contributed by atoms with Gasteiger partial charge in [0.25, 0.3) is 0 Å². The molecule has 13 heteroatoms. The molecule has 0 saturated heterocycles. The molecule has 0 spiro atoms. The Balaban J connectivity index is 5.04. The van der Waals surface area contributed by atoms with Crippen molar-refractivity contribution in [2.24, 2.45) is 0 Å². The molecule has 0 bridgehead atoms. The molecule has 0 aliphatic carbocycles. The van der Waals surface area contributed by atoms with Gasteiger partial charge in [-0.05, 0) is 27.2 Å². The Labute approximate surface area is 150 Å². The molecule has 26 heavy (non-hydrogen) atoms. The van der Waals surface area contributed by atoms with Gasteiger partial charge in [0.15, 0.2) is 0 Å². The highest BCUT2D eigenvalue weighted by Crippen LogP contribution is 2.27. The van der Waals surface area contributed by atoms with Crippen LogP contribution in [0.25, 0.3) is 0 Å². The van der Waals surface area contributed by atoms with Gasteiger partial charge in [-0.1, -0.05) is 6.58 Å². The van der Waals surface area contributed by atoms with Gasteiger partial charge < -0.3 is 9.47 Å². The Hall–Kier alpha value is -1.18. The summed E-state index contributed by atoms with van der Waals surface area (Å²) < 4.78 is 92.0. The number of carbonyl (C=O) groups is 1. The van der Waals surface area contributed by atoms with Crippen molar-refractivity contribution in [3.63, 3.8) is 0 Å². The number of carbonyl (C=O) groups excluding carboxylic acids is 1. The number of rotatable bonds is 9. The van der Waals surface area contributed by atoms with Crippen LogP contribution in [-0.4, -0.2) is 45.5 Å². The van der Waals surface area contributed by atoms with Crippen molar-refractivity contribution in [3.05, 3.63) is 12.2 Å². The number of ether oxygens (including phenoxy) is 2. The SMILES string of the molecule is C=C(C)C(=O)OC(C)(C)OCCC(C)(C)S(=O)(=O)NS(=O)(=O)C(F)(F)F. The molecule has 0 aromatic rings. The van der Waals surface area contributed by atoms with Crippen molar-refractivity contribution >= 4 is 26.0 Å². The van der Waals surface area contributed by atoms with E-state index in [1.165, 1.54) is 20.8 Å². The fourth-order valence-electron chi connectivity index (χ4n) is 1.32. The molecular weight excluding hydrogens is 403 g/mol. The number of nitrogens with one attached hydrogen (secondary N) is 1. The first-order valence-electron chi connectivity index (χ1n) is 7.11. The second-order valence-electron chi connectivity index (χ2n) is 6.46. The number of hydrogen-bond donors (Lipinski definition) is 1. The average Bonchev–Trinajstić information content (AvgIpc) is 2.34. The first-order chi connectivity index (χ1) is 11.2. The van der Waals surface area contributed by atoms with E-state index >= 15 is 0 Å². The number of alkyl halides is 3. The highest BCUT2D eigenvalue weighted by Gasteiger charge is 2.50. The van der Waals surface area contributed by atoms with E-state index in [1.54, 1.807) is 0 Å². The average molecular weight is 425 g/mol. The largest absolute Gasteiger partial charge is 0.512 e. The van der Waals surface area contributed by atoms with Gasteiger partial charge in [0.1, 0.15) is 0 Å². The maximum atomic E-state index is 12.4. The Kier molecular flexibility index (Phi) is 7.47. The second-order valence-corrected chi connectivity index (χ2v) is 10.7. The topological polar surface area (TPSA) is 116 Å². The summed E-state index contributed by atoms with van der Waals surface area (Å²) in [5.41, 5.74) is -5.67. The fourth-order valence-corrected chi connectivity index (χ4v) is 4.11. The maximum absolute atomic E-state index is 12.4. The van der Waals surface area contributed by atoms with E-state index in [1.807, 2.05) is 0 Å². The zero-order valence-electron chi connectivity index (χ0n) is 14.9. The molecule has 0 atom stereocenters. The third-order valence-corrected chi connectivity index (χ3v) is 7.12. The van der Waals surface area contributed by atoms with Crippen molar-refractivity contribution in [1.82, 2.24) is 4.13 Å². The van der Waals surface area contributed by atoms with Crippen LogP contribution in [-0.2, 0) is 34.3 Å². The quantitative estimate of drug-likeness (QED) is 0.340. The van der Waals surface area contributed by atoms with Crippen LogP contribution >= 0.6 is 0 Å². The molecule has 0 fully saturated rings. The monoisotopic (exact) mass is 425 g/mol. The Morgan fingerprint density at radius 1 is 1.04 bits per heavy atom. The zero-order valence-corrected chi connectivity index (χ0v) is 16.6. The van der Waals surface area contributed by atoms with E-state index in [0.717, 1.165) is 13.8 Å². The molecule has 0 saturated carbocycles. The minimum atomic E-state index is -6.08. The van der Waals surface area contributed by atoms with Crippen LogP contribution in [0.15, 0.2) is 12.2 Å². The van der Waals surface area contributed by atoms with Gasteiger partial charge in [0.2, 0.25) is 15.8 Å². The predicted octanol–water partition coefficient (Wildman–Crippen LogP) is 1.80. The maximum Gasteiger partial charge on any atom is 0.512 e. The van der Waals surface area contributed by atoms with E-state index in [9.17, 15) is 34.8 Å². The summed E-state index contributed by atoms with van der Waals surface area (Å²) in [5, 5.41) is 0. The van der Waals surface area contributed by atoms with Crippen molar-refractivity contribution in [1.29, 1.82) is 0 Å². The van der Waals surface area contributed by atoms with E-state index < -0.39 is 42.1 Å². The lowest BCUT2D eigenvalue weighted by Gasteiger charge is -2.29. The second kappa shape index (κ2) is 7.82. The van der Waals surface area contributed by atoms with E-state index in [-0.39, 0.29) is 18.6 Å². The third-order valence-electron chi connectivity index (χ3n) is 3.09. The number of hydrogen-bond acceptors (Lipinski definition) is 7. The first-order valence-corrected chi connectivity index (χ1v) is 10.1. The Morgan fingerprint density at radius 3 is 1.88 bits per heavy atom. The van der Waals surface area contributed by atoms with Crippen molar-refractivity contribution in [3.8, 4) is 0 Å². The van der Waals surface area contributed by atoms with Crippen LogP contribution in [0.5, 0.6) is 0 Å². The molecule has 0 aliphatic heterocycles. The minimum Gasteiger partial charge on any atom is -0.430 e. The zero-order chi connectivity index (χ0) is 21.2. The summed E-state index contributed by atoms with van der Waals surface area (Å²) in [6.07, 6.45) is -0.385. The predicted molar refractivity (Wildman–Crippen MR) is 86.7 cm³/mol. The van der Waals surface area contributed by atoms with Gasteiger partial charge in [0.05, 0.1) is 11.4 Å². The summed E-state index contributed by atoms with van der Waals surface area (Å²) in [7, 11) is -11.0. The number of halogens is 3. The van der Waals surface area contributed by atoms with E-state index in [4.69, 9.17) is 9.47 Å². The van der Waals surface area contributed by atoms with Crippen LogP contribution in [0.3, 0.4) is 0 Å². The van der Waals surface area contributed by atoms with Crippen molar-refractivity contribution in [2.75, 3.05) is 6.61 Å². The lowest BCUT2D eigenvalue weighted by atomic mass is 10.1. The molecule has 0 aromatic carbocycles. The lowest BCUT2D eigenvalue weighted by molar-refractivity contribution is -0.212. The van der Waals surface area contributed by atoms with Gasteiger partial charge in [-0.15, -0.1) is 4.13 Å². The molecule has 0 heterocycles. The molecule has 0 rings (SSSR count). The third kappa shape index (κ3) is 6.85. The van der Waals surface area contributed by atoms with Crippen LogP contribution < -0.4 is 4.13 Å². The molecular formula is C13H22F3NO7S2. The summed E-state index contributed by atoms with van der Waals surface area (Å²) in [6.45, 7) is 9.21. The lowest BCUT2D eigenvalue weighted by Crippen LogP contribution is -2.49. The van der Waals surface area contributed by atoms with Gasteiger partial charge in [-0.25, -0.2) is 21.6 Å². The number of esters is 1. The van der Waals surface area contributed by atoms with Crippen molar-refractivity contribution < 1.29 is 44.3 Å². The minimum absolute atomic E-state index is 0.103. The molecule has 1 N–H and O–H groups in total. The normalized spacial score (nSPS) is 14.2. The highest BCUT2D eigenvalue weighted by molar-refractivity contribution is 8.05. The molecule has 0 aliphatic rings. The van der Waals surface area contributed by atoms with Gasteiger partial charge in [-0.3, -0.25) is 0 Å². The molecule has 0 radical (unpaired) electrons. The van der Waals surface area contributed by atoms with Crippen molar-refractivity contribution in [2.45, 2.75) is 57.1 Å². The molecule has 154 valence electrons. The van der Waals surface area contributed by atoms with E-state index in [2.05, 4.69) is 6.58 Å². The van der Waals surface area contributed by atoms with Gasteiger partial charge >= 0.3 is 21.5 Å². The molecule has 8 nitrogen and oxygen atoms in total. The molecule has 0 unspecified atom stereocenters. The van der Waals surface area contributed by atoms with Gasteiger partial charge in [0, 0.05) is 19.4 Å². The van der Waals surface area contributed by atoms with Crippen LogP contribution in [0, 0.1) is 0 Å². The van der Waals surface area contributed by atoms with Crippen LogP contribution in [0.4, 0.5) is 13.2 Å². The standard InChI is InChI=1S/C13H22F3NO7S2/c1-9(2)10(18)24-12(5,6)23-8-7-11(3,4)25(19,20)17-26(21,22)13(14,15)16/h17H,1,7-8H2,2-6H3. The first kappa shape index (κ1) is 24.8. The summed E-state index contributed by atoms with van der Waals surface area (Å²) >= 11 is 0. The summed E-state index contributed by atoms with van der Waals surface area (Å²) in [5.74, 6) is -2.21. The highest BCUT2D eigenvalue weighted by atomic mass is 32.3. The summed E-state index contributed by atoms with van der Waals surface area (Å²) in [6, 6.07) is 0. The summed E-state index contributed by atoms with van der Waals surface area (Å²) in [4.78, 5) is 11.4. The van der Waals surface area contributed by atoms with Crippen LogP contribution in [0.2, 0.25) is 0 Å². The van der Waals surface area contributed by atoms with E-state index in [0.29, 0.717) is 4.13 Å². The fraction of sp³-hybridized carbons (Fsp3) is 0.769. The smallest absolute Gasteiger partial charge is 0.430 e. The Bertz CT molecular complexity index is 753. The molecule has 0 aromatic heterocycles. The van der Waals surface area contributed by atoms with Gasteiger partial charge in [-0.2, -0.15) is 13.2 Å². The van der Waals surface area contributed by atoms with Crippen LogP contribution in [0.1, 0.15) is 41.0 Å². The molecule has 0 amide bonds. The Morgan fingerprint density at radius 2 is 1.50 bits per heavy atom. The number of sulfonamides is 2.